The van der Waals surface area contributed by atoms with E-state index in [1.165, 1.54) is 0 Å². The van der Waals surface area contributed by atoms with Gasteiger partial charge in [-0.2, -0.15) is 0 Å². The summed E-state index contributed by atoms with van der Waals surface area (Å²) in [6, 6.07) is 9.42. The van der Waals surface area contributed by atoms with Crippen LogP contribution in [0.25, 0.3) is 0 Å². The molecule has 0 radical (unpaired) electrons. The first-order valence-electron chi connectivity index (χ1n) is 7.57. The number of primary amides is 1. The van der Waals surface area contributed by atoms with E-state index in [4.69, 9.17) is 15.2 Å². The van der Waals surface area contributed by atoms with Gasteiger partial charge < -0.3 is 15.2 Å². The SMILES string of the molecule is NC(=O)C(c1ccccc1)N1CCC(C2OCCO2)CC1. The summed E-state index contributed by atoms with van der Waals surface area (Å²) in [6.07, 6.45) is 1.89. The quantitative estimate of drug-likeness (QED) is 0.907. The zero-order valence-corrected chi connectivity index (χ0v) is 12.1. The lowest BCUT2D eigenvalue weighted by Crippen LogP contribution is -2.44. The molecule has 0 aliphatic carbocycles. The second-order valence-corrected chi connectivity index (χ2v) is 5.70. The monoisotopic (exact) mass is 290 g/mol. The van der Waals surface area contributed by atoms with Gasteiger partial charge in [-0.25, -0.2) is 0 Å². The summed E-state index contributed by atoms with van der Waals surface area (Å²) in [6.45, 7) is 3.07. The van der Waals surface area contributed by atoms with Crippen molar-refractivity contribution in [3.8, 4) is 0 Å². The Labute approximate surface area is 125 Å². The van der Waals surface area contributed by atoms with Gasteiger partial charge in [0.1, 0.15) is 6.04 Å². The molecule has 2 aliphatic rings. The van der Waals surface area contributed by atoms with E-state index in [0.717, 1.165) is 31.5 Å². The molecule has 1 amide bonds. The lowest BCUT2D eigenvalue weighted by Gasteiger charge is -2.37. The summed E-state index contributed by atoms with van der Waals surface area (Å²) < 4.78 is 11.2. The number of benzene rings is 1. The first-order chi connectivity index (χ1) is 10.3. The van der Waals surface area contributed by atoms with Crippen LogP contribution in [0.2, 0.25) is 0 Å². The molecule has 2 fully saturated rings. The Hall–Kier alpha value is -1.43. The van der Waals surface area contributed by atoms with Gasteiger partial charge in [0.25, 0.3) is 0 Å². The topological polar surface area (TPSA) is 64.8 Å². The van der Waals surface area contributed by atoms with Crippen molar-refractivity contribution >= 4 is 5.91 Å². The van der Waals surface area contributed by atoms with Crippen molar-refractivity contribution in [2.24, 2.45) is 11.7 Å². The molecule has 5 nitrogen and oxygen atoms in total. The van der Waals surface area contributed by atoms with Crippen LogP contribution < -0.4 is 5.73 Å². The summed E-state index contributed by atoms with van der Waals surface area (Å²) in [5, 5.41) is 0. The fourth-order valence-electron chi connectivity index (χ4n) is 3.29. The van der Waals surface area contributed by atoms with E-state index in [1.54, 1.807) is 0 Å². The lowest BCUT2D eigenvalue weighted by atomic mass is 9.93. The van der Waals surface area contributed by atoms with Gasteiger partial charge in [0.2, 0.25) is 5.91 Å². The molecule has 2 saturated heterocycles. The van der Waals surface area contributed by atoms with E-state index < -0.39 is 0 Å². The minimum absolute atomic E-state index is 0.0593. The zero-order chi connectivity index (χ0) is 14.7. The fraction of sp³-hybridized carbons (Fsp3) is 0.562. The molecule has 2 N–H and O–H groups in total. The normalized spacial score (nSPS) is 23.2. The smallest absolute Gasteiger partial charge is 0.239 e. The number of likely N-dealkylation sites (tertiary alicyclic amines) is 1. The highest BCUT2D eigenvalue weighted by Gasteiger charge is 2.34. The molecule has 1 atom stereocenters. The van der Waals surface area contributed by atoms with Crippen LogP contribution in [0.4, 0.5) is 0 Å². The highest BCUT2D eigenvalue weighted by molar-refractivity contribution is 5.81. The first-order valence-corrected chi connectivity index (χ1v) is 7.57. The number of piperidine rings is 1. The maximum Gasteiger partial charge on any atom is 0.239 e. The predicted molar refractivity (Wildman–Crippen MR) is 78.4 cm³/mol. The predicted octanol–water partition coefficient (Wildman–Crippen LogP) is 1.30. The molecule has 114 valence electrons. The van der Waals surface area contributed by atoms with Crippen LogP contribution in [0, 0.1) is 5.92 Å². The number of carbonyl (C=O) groups is 1. The number of rotatable bonds is 4. The highest BCUT2D eigenvalue weighted by atomic mass is 16.7. The average molecular weight is 290 g/mol. The van der Waals surface area contributed by atoms with Crippen molar-refractivity contribution < 1.29 is 14.3 Å². The molecule has 3 rings (SSSR count). The van der Waals surface area contributed by atoms with E-state index in [0.29, 0.717) is 19.1 Å². The third kappa shape index (κ3) is 3.26. The van der Waals surface area contributed by atoms with E-state index in [1.807, 2.05) is 30.3 Å². The number of nitrogens with two attached hydrogens (primary N) is 1. The Morgan fingerprint density at radius 1 is 1.14 bits per heavy atom. The zero-order valence-electron chi connectivity index (χ0n) is 12.1. The molecular formula is C16H22N2O3. The van der Waals surface area contributed by atoms with E-state index in [9.17, 15) is 4.79 Å². The number of hydrogen-bond acceptors (Lipinski definition) is 4. The van der Waals surface area contributed by atoms with Gasteiger partial charge in [-0.3, -0.25) is 9.69 Å². The van der Waals surface area contributed by atoms with Gasteiger partial charge in [0.05, 0.1) is 13.2 Å². The highest BCUT2D eigenvalue weighted by Crippen LogP contribution is 2.30. The van der Waals surface area contributed by atoms with E-state index in [-0.39, 0.29) is 18.2 Å². The van der Waals surface area contributed by atoms with Crippen LogP contribution in [0.3, 0.4) is 0 Å². The lowest BCUT2D eigenvalue weighted by molar-refractivity contribution is -0.126. The van der Waals surface area contributed by atoms with Gasteiger partial charge in [-0.1, -0.05) is 30.3 Å². The van der Waals surface area contributed by atoms with Gasteiger partial charge in [0, 0.05) is 5.92 Å². The molecule has 1 unspecified atom stereocenters. The number of carbonyl (C=O) groups excluding carboxylic acids is 1. The second kappa shape index (κ2) is 6.56. The Morgan fingerprint density at radius 3 is 2.33 bits per heavy atom. The van der Waals surface area contributed by atoms with Gasteiger partial charge in [-0.15, -0.1) is 0 Å². The Bertz CT molecular complexity index is 466. The van der Waals surface area contributed by atoms with Crippen molar-refractivity contribution in [1.29, 1.82) is 0 Å². The number of amides is 1. The van der Waals surface area contributed by atoms with Crippen LogP contribution in [-0.2, 0) is 14.3 Å². The summed E-state index contributed by atoms with van der Waals surface area (Å²) >= 11 is 0. The molecule has 1 aromatic carbocycles. The van der Waals surface area contributed by atoms with Crippen LogP contribution in [-0.4, -0.2) is 43.4 Å². The maximum absolute atomic E-state index is 11.9. The molecule has 1 aromatic rings. The van der Waals surface area contributed by atoms with Crippen LogP contribution in [0.1, 0.15) is 24.4 Å². The van der Waals surface area contributed by atoms with Crippen molar-refractivity contribution in [2.75, 3.05) is 26.3 Å². The standard InChI is InChI=1S/C16H22N2O3/c17-15(19)14(12-4-2-1-3-5-12)18-8-6-13(7-9-18)16-20-10-11-21-16/h1-5,13-14,16H,6-11H2,(H2,17,19). The molecule has 2 heterocycles. The second-order valence-electron chi connectivity index (χ2n) is 5.70. The maximum atomic E-state index is 11.9. The summed E-state index contributed by atoms with van der Waals surface area (Å²) in [4.78, 5) is 14.0. The average Bonchev–Trinajstić information content (AvgIpc) is 3.03. The van der Waals surface area contributed by atoms with Gasteiger partial charge in [0.15, 0.2) is 6.29 Å². The molecule has 0 aromatic heterocycles. The van der Waals surface area contributed by atoms with Crippen molar-refractivity contribution in [2.45, 2.75) is 25.2 Å². The van der Waals surface area contributed by atoms with Crippen molar-refractivity contribution in [3.05, 3.63) is 35.9 Å². The number of hydrogen-bond donors (Lipinski definition) is 1. The van der Waals surface area contributed by atoms with Crippen LogP contribution in [0.15, 0.2) is 30.3 Å². The largest absolute Gasteiger partial charge is 0.368 e. The molecule has 2 aliphatic heterocycles. The fourth-order valence-corrected chi connectivity index (χ4v) is 3.29. The number of nitrogens with zero attached hydrogens (tertiary/aromatic N) is 1. The number of ether oxygens (including phenoxy) is 2. The summed E-state index contributed by atoms with van der Waals surface area (Å²) in [7, 11) is 0. The van der Waals surface area contributed by atoms with Crippen molar-refractivity contribution in [1.82, 2.24) is 4.90 Å². The van der Waals surface area contributed by atoms with Gasteiger partial charge in [-0.05, 0) is 31.5 Å². The Morgan fingerprint density at radius 2 is 1.76 bits per heavy atom. The molecular weight excluding hydrogens is 268 g/mol. The van der Waals surface area contributed by atoms with E-state index in [2.05, 4.69) is 4.90 Å². The summed E-state index contributed by atoms with van der Waals surface area (Å²) in [5.41, 5.74) is 6.60. The molecule has 0 spiro atoms. The molecule has 21 heavy (non-hydrogen) atoms. The third-order valence-corrected chi connectivity index (χ3v) is 4.36. The minimum Gasteiger partial charge on any atom is -0.368 e. The Kier molecular flexibility index (Phi) is 4.53. The molecule has 0 saturated carbocycles. The minimum atomic E-state index is -0.336. The van der Waals surface area contributed by atoms with E-state index >= 15 is 0 Å². The van der Waals surface area contributed by atoms with Crippen molar-refractivity contribution in [3.63, 3.8) is 0 Å². The summed E-state index contributed by atoms with van der Waals surface area (Å²) in [5.74, 6) is 0.140. The van der Waals surface area contributed by atoms with Gasteiger partial charge >= 0.3 is 0 Å². The molecule has 0 bridgehead atoms. The van der Waals surface area contributed by atoms with Crippen LogP contribution >= 0.6 is 0 Å². The first kappa shape index (κ1) is 14.5. The van der Waals surface area contributed by atoms with Crippen LogP contribution in [0.5, 0.6) is 0 Å². The third-order valence-electron chi connectivity index (χ3n) is 4.36. The Balaban J connectivity index is 1.65. The molecule has 5 heteroatoms.